The molecule has 76 valence electrons. The van der Waals surface area contributed by atoms with Crippen molar-refractivity contribution in [3.63, 3.8) is 0 Å². The molecule has 1 aromatic carbocycles. The lowest BCUT2D eigenvalue weighted by molar-refractivity contribution is -0.867. The smallest absolute Gasteiger partial charge is 0.108 e. The largest absolute Gasteiger partial charge is 1.00 e. The van der Waals surface area contributed by atoms with Gasteiger partial charge in [0.1, 0.15) is 6.54 Å². The van der Waals surface area contributed by atoms with Crippen LogP contribution >= 0.6 is 0 Å². The van der Waals surface area contributed by atoms with Gasteiger partial charge in [0, 0.05) is 12.0 Å². The fourth-order valence-corrected chi connectivity index (χ4v) is 1.91. The van der Waals surface area contributed by atoms with E-state index in [2.05, 4.69) is 49.7 Å². The summed E-state index contributed by atoms with van der Waals surface area (Å²) in [6, 6.07) is 10.7. The maximum atomic E-state index is 2.31. The van der Waals surface area contributed by atoms with E-state index in [4.69, 9.17) is 0 Å². The predicted molar refractivity (Wildman–Crippen MR) is 55.0 cm³/mol. The lowest BCUT2D eigenvalue weighted by Gasteiger charge is -2.26. The Morgan fingerprint density at radius 1 is 1.21 bits per heavy atom. The molecule has 0 fully saturated rings. The minimum Gasteiger partial charge on any atom is -1.00 e. The maximum absolute atomic E-state index is 2.31. The van der Waals surface area contributed by atoms with E-state index < -0.39 is 0 Å². The van der Waals surface area contributed by atoms with Gasteiger partial charge >= 0.3 is 0 Å². The molecule has 1 atom stereocenters. The number of benzene rings is 1. The number of hydrogen-bond donors (Lipinski definition) is 0. The fraction of sp³-hybridized carbons (Fsp3) is 0.333. The average Bonchev–Trinajstić information content (AvgIpc) is 2.54. The van der Waals surface area contributed by atoms with E-state index in [1.165, 1.54) is 18.5 Å². The maximum Gasteiger partial charge on any atom is 0.108 e. The van der Waals surface area contributed by atoms with Crippen LogP contribution in [0.15, 0.2) is 42.6 Å². The van der Waals surface area contributed by atoms with Crippen molar-refractivity contribution in [1.82, 2.24) is 0 Å². The Bertz CT molecular complexity index is 307. The van der Waals surface area contributed by atoms with Crippen LogP contribution < -0.4 is 17.0 Å². The van der Waals surface area contributed by atoms with Crippen LogP contribution in [0.4, 0.5) is 0 Å². The minimum atomic E-state index is 0. The van der Waals surface area contributed by atoms with Crippen LogP contribution in [0.25, 0.3) is 0 Å². The molecule has 1 aliphatic heterocycles. The number of quaternary nitrogens is 1. The number of halogens is 1. The molecule has 2 heteroatoms. The second kappa shape index (κ2) is 4.76. The zero-order valence-corrected chi connectivity index (χ0v) is 10.1. The normalized spacial score (nSPS) is 24.6. The van der Waals surface area contributed by atoms with Crippen molar-refractivity contribution in [2.45, 2.75) is 13.0 Å². The van der Waals surface area contributed by atoms with Gasteiger partial charge in [-0.05, 0) is 6.08 Å². The van der Waals surface area contributed by atoms with Crippen LogP contribution in [0, 0.1) is 0 Å². The van der Waals surface area contributed by atoms with Crippen molar-refractivity contribution in [2.24, 2.45) is 0 Å². The molecule has 0 aromatic heterocycles. The Balaban J connectivity index is 0.000000980. The number of hydrogen-bond acceptors (Lipinski definition) is 0. The molecule has 1 nitrogen and oxygen atoms in total. The van der Waals surface area contributed by atoms with E-state index in [0.717, 1.165) is 11.0 Å². The molecule has 0 spiro atoms. The standard InChI is InChI=1S/C12H16N.BrH/c1-13(9-5-6-10-13)11-12-7-3-2-4-8-12;/h2-5,7-9H,6,10-11H2,1H3;1H/q+1;/p-1. The molecule has 1 unspecified atom stereocenters. The first kappa shape index (κ1) is 11.5. The van der Waals surface area contributed by atoms with E-state index in [1.54, 1.807) is 0 Å². The van der Waals surface area contributed by atoms with Gasteiger partial charge in [-0.3, -0.25) is 4.48 Å². The Morgan fingerprint density at radius 3 is 2.50 bits per heavy atom. The highest BCUT2D eigenvalue weighted by Crippen LogP contribution is 2.18. The third-order valence-corrected chi connectivity index (χ3v) is 2.66. The summed E-state index contributed by atoms with van der Waals surface area (Å²) < 4.78 is 1.06. The van der Waals surface area contributed by atoms with Gasteiger partial charge in [0.2, 0.25) is 0 Å². The third kappa shape index (κ3) is 2.69. The van der Waals surface area contributed by atoms with Gasteiger partial charge in [-0.15, -0.1) is 0 Å². The van der Waals surface area contributed by atoms with Crippen LogP contribution in [0.3, 0.4) is 0 Å². The van der Waals surface area contributed by atoms with Crippen LogP contribution in [-0.4, -0.2) is 18.1 Å². The topological polar surface area (TPSA) is 0 Å². The highest BCUT2D eigenvalue weighted by molar-refractivity contribution is 5.13. The lowest BCUT2D eigenvalue weighted by Crippen LogP contribution is -3.00. The van der Waals surface area contributed by atoms with E-state index in [1.807, 2.05) is 0 Å². The van der Waals surface area contributed by atoms with Crippen molar-refractivity contribution in [3.05, 3.63) is 48.2 Å². The molecule has 2 rings (SSSR count). The van der Waals surface area contributed by atoms with Gasteiger partial charge in [0.15, 0.2) is 0 Å². The molecule has 0 saturated carbocycles. The second-order valence-electron chi connectivity index (χ2n) is 4.02. The summed E-state index contributed by atoms with van der Waals surface area (Å²) in [4.78, 5) is 0. The van der Waals surface area contributed by atoms with Crippen LogP contribution in [-0.2, 0) is 6.54 Å². The predicted octanol–water partition coefficient (Wildman–Crippen LogP) is -0.445. The SMILES string of the molecule is C[N+]1(Cc2ccccc2)C=CCC1.[Br-]. The second-order valence-corrected chi connectivity index (χ2v) is 4.02. The zero-order chi connectivity index (χ0) is 9.15. The summed E-state index contributed by atoms with van der Waals surface area (Å²) in [5, 5.41) is 0. The summed E-state index contributed by atoms with van der Waals surface area (Å²) in [5.74, 6) is 0. The lowest BCUT2D eigenvalue weighted by atomic mass is 10.2. The van der Waals surface area contributed by atoms with Gasteiger partial charge in [-0.2, -0.15) is 0 Å². The fourth-order valence-electron chi connectivity index (χ4n) is 1.91. The first-order valence-electron chi connectivity index (χ1n) is 4.84. The van der Waals surface area contributed by atoms with E-state index in [-0.39, 0.29) is 17.0 Å². The van der Waals surface area contributed by atoms with Crippen molar-refractivity contribution < 1.29 is 21.5 Å². The van der Waals surface area contributed by atoms with Crippen LogP contribution in [0.2, 0.25) is 0 Å². The highest BCUT2D eigenvalue weighted by atomic mass is 79.9. The monoisotopic (exact) mass is 253 g/mol. The third-order valence-electron chi connectivity index (χ3n) is 2.66. The summed E-state index contributed by atoms with van der Waals surface area (Å²) in [6.07, 6.45) is 5.82. The van der Waals surface area contributed by atoms with Crippen LogP contribution in [0.5, 0.6) is 0 Å². The Hall–Kier alpha value is -0.600. The molecule has 1 heterocycles. The van der Waals surface area contributed by atoms with Gasteiger partial charge in [-0.1, -0.05) is 30.3 Å². The summed E-state index contributed by atoms with van der Waals surface area (Å²) in [6.45, 7) is 2.37. The molecule has 0 aliphatic carbocycles. The van der Waals surface area contributed by atoms with Gasteiger partial charge in [0.25, 0.3) is 0 Å². The van der Waals surface area contributed by atoms with Gasteiger partial charge in [-0.25, -0.2) is 0 Å². The van der Waals surface area contributed by atoms with Crippen molar-refractivity contribution in [1.29, 1.82) is 0 Å². The molecule has 0 radical (unpaired) electrons. The van der Waals surface area contributed by atoms with Gasteiger partial charge < -0.3 is 17.0 Å². The Morgan fingerprint density at radius 2 is 1.93 bits per heavy atom. The molecule has 0 bridgehead atoms. The van der Waals surface area contributed by atoms with E-state index >= 15 is 0 Å². The first-order chi connectivity index (χ1) is 6.29. The van der Waals surface area contributed by atoms with Crippen molar-refractivity contribution in [3.8, 4) is 0 Å². The number of nitrogens with zero attached hydrogens (tertiary/aromatic N) is 1. The Kier molecular flexibility index (Phi) is 3.90. The molecule has 1 aliphatic rings. The highest BCUT2D eigenvalue weighted by Gasteiger charge is 2.21. The number of rotatable bonds is 2. The quantitative estimate of drug-likeness (QED) is 0.627. The van der Waals surface area contributed by atoms with Crippen molar-refractivity contribution in [2.75, 3.05) is 13.6 Å². The molecular weight excluding hydrogens is 238 g/mol. The zero-order valence-electron chi connectivity index (χ0n) is 8.49. The summed E-state index contributed by atoms with van der Waals surface area (Å²) in [7, 11) is 2.29. The molecule has 0 N–H and O–H groups in total. The first-order valence-corrected chi connectivity index (χ1v) is 4.84. The minimum absolute atomic E-state index is 0. The molecular formula is C12H16BrN. The van der Waals surface area contributed by atoms with Gasteiger partial charge in [0.05, 0.1) is 19.8 Å². The molecule has 0 amide bonds. The molecule has 0 saturated heterocycles. The van der Waals surface area contributed by atoms with Crippen molar-refractivity contribution >= 4 is 0 Å². The Labute approximate surface area is 96.4 Å². The molecule has 1 aromatic rings. The summed E-state index contributed by atoms with van der Waals surface area (Å²) in [5.41, 5.74) is 1.43. The van der Waals surface area contributed by atoms with Crippen LogP contribution in [0.1, 0.15) is 12.0 Å². The van der Waals surface area contributed by atoms with E-state index in [0.29, 0.717) is 0 Å². The molecule has 14 heavy (non-hydrogen) atoms. The summed E-state index contributed by atoms with van der Waals surface area (Å²) >= 11 is 0. The average molecular weight is 254 g/mol. The van der Waals surface area contributed by atoms with E-state index in [9.17, 15) is 0 Å².